The third-order valence-corrected chi connectivity index (χ3v) is 6.58. The van der Waals surface area contributed by atoms with Gasteiger partial charge >= 0.3 is 0 Å². The zero-order valence-electron chi connectivity index (χ0n) is 17.8. The Labute approximate surface area is 182 Å². The first-order chi connectivity index (χ1) is 14.5. The number of hydrogen-bond acceptors (Lipinski definition) is 4. The van der Waals surface area contributed by atoms with E-state index >= 15 is 0 Å². The van der Waals surface area contributed by atoms with E-state index in [4.69, 9.17) is 0 Å². The highest BCUT2D eigenvalue weighted by Gasteiger charge is 2.30. The molecule has 0 spiro atoms. The second kappa shape index (κ2) is 9.04. The molecule has 5 nitrogen and oxygen atoms in total. The Morgan fingerprint density at radius 1 is 1.13 bits per heavy atom. The number of hydrogen-bond donors (Lipinski definition) is 1. The Kier molecular flexibility index (Phi) is 6.23. The second-order valence-corrected chi connectivity index (χ2v) is 9.05. The monoisotopic (exact) mass is 420 g/mol. The zero-order valence-corrected chi connectivity index (χ0v) is 18.6. The van der Waals surface area contributed by atoms with Gasteiger partial charge in [0.15, 0.2) is 5.16 Å². The fraction of sp³-hybridized carbons (Fsp3) is 0.375. The van der Waals surface area contributed by atoms with Gasteiger partial charge in [0, 0.05) is 5.92 Å². The van der Waals surface area contributed by atoms with Crippen molar-refractivity contribution in [2.75, 3.05) is 5.75 Å². The minimum Gasteiger partial charge on any atom is -0.349 e. The first kappa shape index (κ1) is 20.7. The van der Waals surface area contributed by atoms with Crippen LogP contribution in [0, 0.1) is 13.8 Å². The van der Waals surface area contributed by atoms with Crippen LogP contribution in [0.25, 0.3) is 0 Å². The van der Waals surface area contributed by atoms with E-state index in [1.54, 1.807) is 0 Å². The van der Waals surface area contributed by atoms with Crippen LogP contribution in [0.15, 0.2) is 53.7 Å². The molecule has 2 aromatic carbocycles. The lowest BCUT2D eigenvalue weighted by molar-refractivity contribution is -0.119. The van der Waals surface area contributed by atoms with Gasteiger partial charge in [-0.3, -0.25) is 4.79 Å². The van der Waals surface area contributed by atoms with E-state index in [-0.39, 0.29) is 11.9 Å². The van der Waals surface area contributed by atoms with Gasteiger partial charge in [0.05, 0.1) is 18.3 Å². The van der Waals surface area contributed by atoms with Gasteiger partial charge < -0.3 is 9.88 Å². The summed E-state index contributed by atoms with van der Waals surface area (Å²) < 4.78 is 2.18. The number of benzene rings is 2. The lowest BCUT2D eigenvalue weighted by Crippen LogP contribution is -2.28. The van der Waals surface area contributed by atoms with Crippen LogP contribution in [0.1, 0.15) is 59.8 Å². The van der Waals surface area contributed by atoms with Crippen molar-refractivity contribution in [3.8, 4) is 0 Å². The number of aryl methyl sites for hydroxylation is 2. The standard InChI is InChI=1S/C24H28N4OS/c1-16-9-10-21(13-17(16)2)18(3)25-22(29)15-30-24-27-26-23(20-11-12-20)28(24)14-19-7-5-4-6-8-19/h4-10,13,18,20H,11-12,14-15H2,1-3H3,(H,25,29)/t18-/m1/s1. The number of carbonyl (C=O) groups excluding carboxylic acids is 1. The van der Waals surface area contributed by atoms with Crippen molar-refractivity contribution in [2.45, 2.75) is 57.3 Å². The van der Waals surface area contributed by atoms with Crippen LogP contribution in [-0.4, -0.2) is 26.4 Å². The molecule has 1 saturated carbocycles. The van der Waals surface area contributed by atoms with Crippen molar-refractivity contribution in [2.24, 2.45) is 0 Å². The van der Waals surface area contributed by atoms with E-state index in [0.717, 1.165) is 23.1 Å². The van der Waals surface area contributed by atoms with Gasteiger partial charge in [-0.05, 0) is 55.9 Å². The number of carbonyl (C=O) groups is 1. The summed E-state index contributed by atoms with van der Waals surface area (Å²) in [4.78, 5) is 12.6. The molecule has 3 aromatic rings. The first-order valence-electron chi connectivity index (χ1n) is 10.5. The molecule has 0 unspecified atom stereocenters. The summed E-state index contributed by atoms with van der Waals surface area (Å²) in [6, 6.07) is 16.6. The molecular weight excluding hydrogens is 392 g/mol. The summed E-state index contributed by atoms with van der Waals surface area (Å²) in [6.07, 6.45) is 2.34. The Morgan fingerprint density at radius 3 is 2.60 bits per heavy atom. The van der Waals surface area contributed by atoms with Crippen LogP contribution in [0.2, 0.25) is 0 Å². The molecule has 4 rings (SSSR count). The number of nitrogens with zero attached hydrogens (tertiary/aromatic N) is 3. The quantitative estimate of drug-likeness (QED) is 0.532. The van der Waals surface area contributed by atoms with Gasteiger partial charge in [-0.1, -0.05) is 60.3 Å². The van der Waals surface area contributed by atoms with Crippen molar-refractivity contribution in [3.05, 3.63) is 76.6 Å². The van der Waals surface area contributed by atoms with E-state index in [1.165, 1.54) is 41.3 Å². The predicted molar refractivity (Wildman–Crippen MR) is 121 cm³/mol. The van der Waals surface area contributed by atoms with Crippen molar-refractivity contribution in [1.29, 1.82) is 0 Å². The summed E-state index contributed by atoms with van der Waals surface area (Å²) in [5, 5.41) is 12.8. The van der Waals surface area contributed by atoms with E-state index < -0.39 is 0 Å². The SMILES string of the molecule is Cc1ccc([C@@H](C)NC(=O)CSc2nnc(C3CC3)n2Cc2ccccc2)cc1C. The summed E-state index contributed by atoms with van der Waals surface area (Å²) >= 11 is 1.46. The van der Waals surface area contributed by atoms with Gasteiger partial charge in [0.2, 0.25) is 5.91 Å². The molecule has 156 valence electrons. The van der Waals surface area contributed by atoms with Crippen LogP contribution in [0.4, 0.5) is 0 Å². The highest BCUT2D eigenvalue weighted by Crippen LogP contribution is 2.40. The lowest BCUT2D eigenvalue weighted by Gasteiger charge is -2.16. The van der Waals surface area contributed by atoms with Crippen LogP contribution < -0.4 is 5.32 Å². The normalized spacial score (nSPS) is 14.5. The number of amides is 1. The summed E-state index contributed by atoms with van der Waals surface area (Å²) in [5.74, 6) is 1.89. The Hall–Kier alpha value is -2.60. The molecule has 1 heterocycles. The highest BCUT2D eigenvalue weighted by atomic mass is 32.2. The van der Waals surface area contributed by atoms with Gasteiger partial charge in [0.25, 0.3) is 0 Å². The second-order valence-electron chi connectivity index (χ2n) is 8.11. The molecule has 1 N–H and O–H groups in total. The van der Waals surface area contributed by atoms with E-state index in [0.29, 0.717) is 11.7 Å². The van der Waals surface area contributed by atoms with Crippen molar-refractivity contribution in [1.82, 2.24) is 20.1 Å². The molecule has 6 heteroatoms. The highest BCUT2D eigenvalue weighted by molar-refractivity contribution is 7.99. The van der Waals surface area contributed by atoms with Crippen LogP contribution in [0.3, 0.4) is 0 Å². The summed E-state index contributed by atoms with van der Waals surface area (Å²) in [7, 11) is 0. The maximum Gasteiger partial charge on any atom is 0.230 e. The van der Waals surface area contributed by atoms with Crippen LogP contribution in [0.5, 0.6) is 0 Å². The van der Waals surface area contributed by atoms with Gasteiger partial charge in [-0.25, -0.2) is 0 Å². The summed E-state index contributed by atoms with van der Waals surface area (Å²) in [6.45, 7) is 6.96. The number of thioether (sulfide) groups is 1. The van der Waals surface area contributed by atoms with Gasteiger partial charge in [-0.2, -0.15) is 0 Å². The fourth-order valence-electron chi connectivity index (χ4n) is 3.50. The molecule has 0 radical (unpaired) electrons. The predicted octanol–water partition coefficient (Wildman–Crippen LogP) is 4.79. The topological polar surface area (TPSA) is 59.8 Å². The van der Waals surface area contributed by atoms with Crippen LogP contribution in [-0.2, 0) is 11.3 Å². The molecule has 1 atom stereocenters. The fourth-order valence-corrected chi connectivity index (χ4v) is 4.25. The van der Waals surface area contributed by atoms with E-state index in [9.17, 15) is 4.79 Å². The molecule has 1 aliphatic carbocycles. The molecule has 1 aromatic heterocycles. The van der Waals surface area contributed by atoms with Gasteiger partial charge in [-0.15, -0.1) is 10.2 Å². The minimum atomic E-state index is -0.0263. The average molecular weight is 421 g/mol. The van der Waals surface area contributed by atoms with Gasteiger partial charge in [0.1, 0.15) is 5.82 Å². The molecule has 0 bridgehead atoms. The summed E-state index contributed by atoms with van der Waals surface area (Å²) in [5.41, 5.74) is 4.84. The van der Waals surface area contributed by atoms with Crippen molar-refractivity contribution < 1.29 is 4.79 Å². The zero-order chi connectivity index (χ0) is 21.1. The molecular formula is C24H28N4OS. The lowest BCUT2D eigenvalue weighted by atomic mass is 10.0. The third kappa shape index (κ3) is 4.93. The van der Waals surface area contributed by atoms with E-state index in [2.05, 4.69) is 64.3 Å². The Bertz CT molecular complexity index is 1030. The third-order valence-electron chi connectivity index (χ3n) is 5.61. The van der Waals surface area contributed by atoms with Crippen molar-refractivity contribution >= 4 is 17.7 Å². The molecule has 0 aliphatic heterocycles. The van der Waals surface area contributed by atoms with Crippen molar-refractivity contribution in [3.63, 3.8) is 0 Å². The molecule has 0 saturated heterocycles. The number of nitrogens with one attached hydrogen (secondary N) is 1. The first-order valence-corrected chi connectivity index (χ1v) is 11.5. The number of rotatable bonds is 8. The molecule has 1 fully saturated rings. The van der Waals surface area contributed by atoms with Crippen LogP contribution >= 0.6 is 11.8 Å². The average Bonchev–Trinajstić information content (AvgIpc) is 3.51. The maximum atomic E-state index is 12.6. The molecule has 30 heavy (non-hydrogen) atoms. The smallest absolute Gasteiger partial charge is 0.230 e. The maximum absolute atomic E-state index is 12.6. The minimum absolute atomic E-state index is 0.00737. The van der Waals surface area contributed by atoms with E-state index in [1.807, 2.05) is 25.1 Å². The Balaban J connectivity index is 1.40. The largest absolute Gasteiger partial charge is 0.349 e. The Morgan fingerprint density at radius 2 is 1.90 bits per heavy atom. The number of aromatic nitrogens is 3. The molecule has 1 aliphatic rings. The molecule has 1 amide bonds.